The molecule has 0 unspecified atom stereocenters. The number of hydrogen-bond donors (Lipinski definition) is 2. The fourth-order valence-corrected chi connectivity index (χ4v) is 2.31. The zero-order valence-corrected chi connectivity index (χ0v) is 14.8. The number of ether oxygens (including phenoxy) is 2. The number of nitrogens with one attached hydrogen (secondary N) is 2. The number of anilines is 2. The van der Waals surface area contributed by atoms with Crippen molar-refractivity contribution in [3.05, 3.63) is 84.4 Å². The minimum Gasteiger partial charge on any atom is -0.493 e. The second kappa shape index (κ2) is 9.05. The van der Waals surface area contributed by atoms with E-state index < -0.39 is 6.09 Å². The molecule has 0 aromatic heterocycles. The first-order chi connectivity index (χ1) is 13.2. The lowest BCUT2D eigenvalue weighted by Crippen LogP contribution is -2.17. The van der Waals surface area contributed by atoms with Crippen molar-refractivity contribution in [3.63, 3.8) is 0 Å². The van der Waals surface area contributed by atoms with Gasteiger partial charge in [-0.15, -0.1) is 0 Å². The number of carbonyl (C=O) groups is 1. The molecule has 0 fully saturated rings. The van der Waals surface area contributed by atoms with Gasteiger partial charge in [-0.3, -0.25) is 10.7 Å². The average Bonchev–Trinajstić information content (AvgIpc) is 2.70. The minimum absolute atomic E-state index is 0.319. The Labute approximate surface area is 157 Å². The van der Waals surface area contributed by atoms with E-state index in [2.05, 4.69) is 15.8 Å². The highest BCUT2D eigenvalue weighted by Gasteiger charge is 2.10. The Balaban J connectivity index is 1.64. The van der Waals surface area contributed by atoms with Crippen LogP contribution in [0, 0.1) is 0 Å². The third kappa shape index (κ3) is 5.34. The number of hydrazone groups is 1. The lowest BCUT2D eigenvalue weighted by Gasteiger charge is -2.10. The van der Waals surface area contributed by atoms with Crippen LogP contribution in [0.3, 0.4) is 0 Å². The second-order valence-electron chi connectivity index (χ2n) is 5.53. The van der Waals surface area contributed by atoms with Crippen molar-refractivity contribution >= 4 is 23.7 Å². The van der Waals surface area contributed by atoms with Crippen LogP contribution < -0.4 is 20.2 Å². The Hall–Kier alpha value is -3.80. The van der Waals surface area contributed by atoms with Gasteiger partial charge in [0.2, 0.25) is 0 Å². The van der Waals surface area contributed by atoms with Crippen LogP contribution in [-0.4, -0.2) is 19.4 Å². The van der Waals surface area contributed by atoms with Gasteiger partial charge >= 0.3 is 6.09 Å². The van der Waals surface area contributed by atoms with Gasteiger partial charge in [0.25, 0.3) is 0 Å². The topological polar surface area (TPSA) is 71.9 Å². The Morgan fingerprint density at radius 2 is 1.56 bits per heavy atom. The molecule has 3 rings (SSSR count). The summed E-state index contributed by atoms with van der Waals surface area (Å²) in [5.74, 6) is 0.751. The molecule has 0 saturated heterocycles. The number of carbonyl (C=O) groups excluding carboxylic acids is 1. The van der Waals surface area contributed by atoms with Gasteiger partial charge in [-0.1, -0.05) is 36.4 Å². The van der Waals surface area contributed by atoms with Crippen molar-refractivity contribution in [2.45, 2.75) is 0 Å². The molecular weight excluding hydrogens is 342 g/mol. The van der Waals surface area contributed by atoms with Crippen LogP contribution >= 0.6 is 0 Å². The third-order valence-electron chi connectivity index (χ3n) is 3.59. The van der Waals surface area contributed by atoms with Crippen LogP contribution in [0.25, 0.3) is 0 Å². The van der Waals surface area contributed by atoms with Gasteiger partial charge in [0.05, 0.1) is 19.0 Å². The van der Waals surface area contributed by atoms with Crippen molar-refractivity contribution in [2.75, 3.05) is 17.9 Å². The molecule has 136 valence electrons. The maximum absolute atomic E-state index is 12.0. The molecule has 0 spiro atoms. The molecule has 27 heavy (non-hydrogen) atoms. The van der Waals surface area contributed by atoms with Crippen LogP contribution in [-0.2, 0) is 0 Å². The number of nitrogens with zero attached hydrogens (tertiary/aromatic N) is 1. The fraction of sp³-hybridized carbons (Fsp3) is 0.0476. The van der Waals surface area contributed by atoms with E-state index in [9.17, 15) is 4.79 Å². The molecule has 6 heteroatoms. The standard InChI is InChI=1S/C21H19N3O3/c1-26-20-14-16(15-22-24-18-10-6-3-7-11-18)12-13-19(20)27-21(25)23-17-8-4-2-5-9-17/h2-15,24H,1H3,(H,23,25). The van der Waals surface area contributed by atoms with Gasteiger partial charge in [0.15, 0.2) is 11.5 Å². The summed E-state index contributed by atoms with van der Waals surface area (Å²) in [5.41, 5.74) is 5.27. The molecule has 0 aliphatic rings. The minimum atomic E-state index is -0.591. The zero-order chi connectivity index (χ0) is 18.9. The maximum atomic E-state index is 12.0. The Kier molecular flexibility index (Phi) is 6.04. The summed E-state index contributed by atoms with van der Waals surface area (Å²) < 4.78 is 10.6. The molecule has 1 amide bonds. The monoisotopic (exact) mass is 361 g/mol. The number of para-hydroxylation sites is 2. The highest BCUT2D eigenvalue weighted by atomic mass is 16.6. The van der Waals surface area contributed by atoms with Crippen LogP contribution in [0.1, 0.15) is 5.56 Å². The SMILES string of the molecule is COc1cc(C=NNc2ccccc2)ccc1OC(=O)Nc1ccccc1. The second-order valence-corrected chi connectivity index (χ2v) is 5.53. The molecule has 3 aromatic carbocycles. The zero-order valence-electron chi connectivity index (χ0n) is 14.8. The van der Waals surface area contributed by atoms with Crippen molar-refractivity contribution in [3.8, 4) is 11.5 Å². The molecule has 0 aliphatic heterocycles. The van der Waals surface area contributed by atoms with Gasteiger partial charge in [-0.25, -0.2) is 4.79 Å². The predicted octanol–water partition coefficient (Wildman–Crippen LogP) is 4.75. The lowest BCUT2D eigenvalue weighted by atomic mass is 10.2. The normalized spacial score (nSPS) is 10.4. The van der Waals surface area contributed by atoms with Crippen LogP contribution in [0.5, 0.6) is 11.5 Å². The van der Waals surface area contributed by atoms with Gasteiger partial charge in [-0.2, -0.15) is 5.10 Å². The first-order valence-electron chi connectivity index (χ1n) is 8.30. The van der Waals surface area contributed by atoms with E-state index in [0.29, 0.717) is 17.2 Å². The van der Waals surface area contributed by atoms with E-state index in [1.54, 1.807) is 36.5 Å². The van der Waals surface area contributed by atoms with E-state index in [1.165, 1.54) is 7.11 Å². The van der Waals surface area contributed by atoms with E-state index in [4.69, 9.17) is 9.47 Å². The summed E-state index contributed by atoms with van der Waals surface area (Å²) in [6.45, 7) is 0. The highest BCUT2D eigenvalue weighted by molar-refractivity contribution is 5.87. The molecule has 0 bridgehead atoms. The number of methoxy groups -OCH3 is 1. The van der Waals surface area contributed by atoms with Gasteiger partial charge in [0, 0.05) is 5.69 Å². The smallest absolute Gasteiger partial charge is 0.417 e. The first kappa shape index (κ1) is 18.0. The summed E-state index contributed by atoms with van der Waals surface area (Å²) >= 11 is 0. The number of hydrogen-bond acceptors (Lipinski definition) is 5. The molecule has 6 nitrogen and oxygen atoms in total. The van der Waals surface area contributed by atoms with Gasteiger partial charge in [-0.05, 0) is 48.0 Å². The van der Waals surface area contributed by atoms with E-state index in [0.717, 1.165) is 11.3 Å². The molecule has 3 aromatic rings. The number of amides is 1. The van der Waals surface area contributed by atoms with Crippen molar-refractivity contribution in [1.29, 1.82) is 0 Å². The highest BCUT2D eigenvalue weighted by Crippen LogP contribution is 2.28. The largest absolute Gasteiger partial charge is 0.493 e. The Morgan fingerprint density at radius 1 is 0.889 bits per heavy atom. The van der Waals surface area contributed by atoms with Crippen molar-refractivity contribution < 1.29 is 14.3 Å². The van der Waals surface area contributed by atoms with E-state index >= 15 is 0 Å². The molecule has 2 N–H and O–H groups in total. The van der Waals surface area contributed by atoms with Crippen LogP contribution in [0.2, 0.25) is 0 Å². The molecule has 0 saturated carbocycles. The summed E-state index contributed by atoms with van der Waals surface area (Å²) in [6, 6.07) is 23.9. The maximum Gasteiger partial charge on any atom is 0.417 e. The summed E-state index contributed by atoms with van der Waals surface area (Å²) in [7, 11) is 1.51. The van der Waals surface area contributed by atoms with Gasteiger partial charge in [0.1, 0.15) is 0 Å². The predicted molar refractivity (Wildman–Crippen MR) is 107 cm³/mol. The summed E-state index contributed by atoms with van der Waals surface area (Å²) in [6.07, 6.45) is 1.07. The molecular formula is C21H19N3O3. The van der Waals surface area contributed by atoms with Crippen molar-refractivity contribution in [2.24, 2.45) is 5.10 Å². The van der Waals surface area contributed by atoms with E-state index in [1.807, 2.05) is 48.5 Å². The Bertz CT molecular complexity index is 912. The molecule has 0 atom stereocenters. The average molecular weight is 361 g/mol. The van der Waals surface area contributed by atoms with Gasteiger partial charge < -0.3 is 9.47 Å². The first-order valence-corrected chi connectivity index (χ1v) is 8.30. The quantitative estimate of drug-likeness (QED) is 0.491. The number of rotatable bonds is 6. The summed E-state index contributed by atoms with van der Waals surface area (Å²) in [5, 5.41) is 6.84. The fourth-order valence-electron chi connectivity index (χ4n) is 2.31. The van der Waals surface area contributed by atoms with Crippen LogP contribution in [0.15, 0.2) is 84.0 Å². The number of benzene rings is 3. The van der Waals surface area contributed by atoms with Crippen molar-refractivity contribution in [1.82, 2.24) is 0 Å². The molecule has 0 aliphatic carbocycles. The Morgan fingerprint density at radius 3 is 2.22 bits per heavy atom. The van der Waals surface area contributed by atoms with Crippen LogP contribution in [0.4, 0.5) is 16.2 Å². The lowest BCUT2D eigenvalue weighted by molar-refractivity contribution is 0.213. The molecule has 0 radical (unpaired) electrons. The van der Waals surface area contributed by atoms with E-state index in [-0.39, 0.29) is 0 Å². The summed E-state index contributed by atoms with van der Waals surface area (Å²) in [4.78, 5) is 12.0. The third-order valence-corrected chi connectivity index (χ3v) is 3.59. The molecule has 0 heterocycles.